The first-order chi connectivity index (χ1) is 9.59. The van der Waals surface area contributed by atoms with Crippen LogP contribution in [0, 0.1) is 12.8 Å². The second-order valence-electron chi connectivity index (χ2n) is 5.25. The molecule has 1 heterocycles. The van der Waals surface area contributed by atoms with Crippen LogP contribution in [0.3, 0.4) is 0 Å². The van der Waals surface area contributed by atoms with Gasteiger partial charge in [0.2, 0.25) is 10.0 Å². The molecule has 0 amide bonds. The maximum absolute atomic E-state index is 12.7. The number of aryl methyl sites for hydroxylation is 1. The fourth-order valence-corrected chi connectivity index (χ4v) is 5.96. The molecule has 1 aliphatic carbocycles. The molecule has 0 saturated heterocycles. The topological polar surface area (TPSA) is 46.2 Å². The summed E-state index contributed by atoms with van der Waals surface area (Å²) in [6.45, 7) is 1.76. The number of alkyl halides is 3. The largest absolute Gasteiger partial charge is 0.391 e. The van der Waals surface area contributed by atoms with E-state index < -0.39 is 28.2 Å². The van der Waals surface area contributed by atoms with Gasteiger partial charge in [0.25, 0.3) is 0 Å². The highest BCUT2D eigenvalue weighted by molar-refractivity contribution is 9.11. The van der Waals surface area contributed by atoms with Crippen molar-refractivity contribution in [2.24, 2.45) is 5.92 Å². The second kappa shape index (κ2) is 6.17. The molecular weight excluding hydrogens is 391 g/mol. The third-order valence-corrected chi connectivity index (χ3v) is 7.69. The van der Waals surface area contributed by atoms with E-state index in [0.29, 0.717) is 16.6 Å². The Morgan fingerprint density at radius 3 is 2.57 bits per heavy atom. The number of rotatable bonds is 3. The van der Waals surface area contributed by atoms with Crippen LogP contribution in [-0.2, 0) is 10.0 Å². The highest BCUT2D eigenvalue weighted by Gasteiger charge is 2.42. The molecule has 3 nitrogen and oxygen atoms in total. The van der Waals surface area contributed by atoms with Crippen molar-refractivity contribution in [3.05, 3.63) is 15.4 Å². The van der Waals surface area contributed by atoms with Crippen LogP contribution >= 0.6 is 27.3 Å². The molecule has 2 atom stereocenters. The standard InChI is InChI=1S/C12H15BrF3NO2S2/c1-7-5-10(20-11(7)13)21(18,19)17-9-4-2-3-8(6-9)12(14,15)16/h5,8-9,17H,2-4,6H2,1H3. The molecule has 0 radical (unpaired) electrons. The number of hydrogen-bond donors (Lipinski definition) is 1. The molecular formula is C12H15BrF3NO2S2. The normalized spacial score (nSPS) is 24.2. The summed E-state index contributed by atoms with van der Waals surface area (Å²) < 4.78 is 65.9. The summed E-state index contributed by atoms with van der Waals surface area (Å²) in [5.41, 5.74) is 0.789. The highest BCUT2D eigenvalue weighted by atomic mass is 79.9. The van der Waals surface area contributed by atoms with Crippen LogP contribution in [0.25, 0.3) is 0 Å². The lowest BCUT2D eigenvalue weighted by molar-refractivity contribution is -0.183. The smallest absolute Gasteiger partial charge is 0.207 e. The van der Waals surface area contributed by atoms with Crippen molar-refractivity contribution in [2.45, 2.75) is 49.0 Å². The van der Waals surface area contributed by atoms with Crippen molar-refractivity contribution in [2.75, 3.05) is 0 Å². The summed E-state index contributed by atoms with van der Waals surface area (Å²) >= 11 is 4.31. The Bertz CT molecular complexity index is 593. The summed E-state index contributed by atoms with van der Waals surface area (Å²) in [6.07, 6.45) is -3.55. The fraction of sp³-hybridized carbons (Fsp3) is 0.667. The van der Waals surface area contributed by atoms with Crippen LogP contribution in [0.4, 0.5) is 13.2 Å². The Labute approximate surface area is 134 Å². The lowest BCUT2D eigenvalue weighted by atomic mass is 9.86. The lowest BCUT2D eigenvalue weighted by Gasteiger charge is -2.30. The summed E-state index contributed by atoms with van der Waals surface area (Å²) in [6, 6.07) is 0.859. The Kier molecular flexibility index (Phi) is 5.07. The zero-order valence-corrected chi connectivity index (χ0v) is 14.4. The summed E-state index contributed by atoms with van der Waals surface area (Å²) in [5, 5.41) is 0. The van der Waals surface area contributed by atoms with Crippen molar-refractivity contribution in [3.8, 4) is 0 Å². The van der Waals surface area contributed by atoms with Gasteiger partial charge in [0.1, 0.15) is 4.21 Å². The molecule has 9 heteroatoms. The van der Waals surface area contributed by atoms with Crippen LogP contribution in [0.5, 0.6) is 0 Å². The number of thiophene rings is 1. The third kappa shape index (κ3) is 4.20. The average Bonchev–Trinajstić information content (AvgIpc) is 2.69. The van der Waals surface area contributed by atoms with Gasteiger partial charge in [0.15, 0.2) is 0 Å². The Hall–Kier alpha value is -0.120. The van der Waals surface area contributed by atoms with Gasteiger partial charge in [-0.1, -0.05) is 6.42 Å². The monoisotopic (exact) mass is 405 g/mol. The second-order valence-corrected chi connectivity index (χ2v) is 9.56. The molecule has 1 aliphatic rings. The zero-order valence-electron chi connectivity index (χ0n) is 11.2. The Balaban J connectivity index is 2.10. The van der Waals surface area contributed by atoms with E-state index >= 15 is 0 Å². The molecule has 0 aromatic carbocycles. The molecule has 0 aliphatic heterocycles. The molecule has 2 rings (SSSR count). The number of hydrogen-bond acceptors (Lipinski definition) is 3. The molecule has 1 saturated carbocycles. The minimum absolute atomic E-state index is 0.0748. The van der Waals surface area contributed by atoms with Crippen LogP contribution in [0.1, 0.15) is 31.2 Å². The first-order valence-corrected chi connectivity index (χ1v) is 9.54. The van der Waals surface area contributed by atoms with Gasteiger partial charge in [-0.2, -0.15) is 13.2 Å². The maximum Gasteiger partial charge on any atom is 0.391 e. The van der Waals surface area contributed by atoms with Gasteiger partial charge in [0.05, 0.1) is 9.70 Å². The van der Waals surface area contributed by atoms with Gasteiger partial charge in [-0.15, -0.1) is 11.3 Å². The average molecular weight is 406 g/mol. The molecule has 0 spiro atoms. The summed E-state index contributed by atoms with van der Waals surface area (Å²) in [5.74, 6) is -1.42. The van der Waals surface area contributed by atoms with Crippen molar-refractivity contribution in [1.82, 2.24) is 4.72 Å². The molecule has 1 aromatic heterocycles. The predicted octanol–water partition coefficient (Wildman–Crippen LogP) is 4.22. The Morgan fingerprint density at radius 1 is 1.38 bits per heavy atom. The third-order valence-electron chi connectivity index (χ3n) is 3.56. The van der Waals surface area contributed by atoms with Crippen LogP contribution in [-0.4, -0.2) is 20.6 Å². The van der Waals surface area contributed by atoms with Crippen LogP contribution in [0.2, 0.25) is 0 Å². The van der Waals surface area contributed by atoms with E-state index in [2.05, 4.69) is 20.7 Å². The number of sulfonamides is 1. The van der Waals surface area contributed by atoms with Gasteiger partial charge in [0, 0.05) is 6.04 Å². The van der Waals surface area contributed by atoms with Crippen LogP contribution in [0.15, 0.2) is 14.1 Å². The van der Waals surface area contributed by atoms with Gasteiger partial charge >= 0.3 is 6.18 Å². The molecule has 120 valence electrons. The molecule has 1 aromatic rings. The molecule has 2 unspecified atom stereocenters. The van der Waals surface area contributed by atoms with E-state index in [-0.39, 0.29) is 17.1 Å². The van der Waals surface area contributed by atoms with Gasteiger partial charge < -0.3 is 0 Å². The van der Waals surface area contributed by atoms with Gasteiger partial charge in [-0.3, -0.25) is 0 Å². The minimum atomic E-state index is -4.26. The highest BCUT2D eigenvalue weighted by Crippen LogP contribution is 2.38. The SMILES string of the molecule is Cc1cc(S(=O)(=O)NC2CCCC(C(F)(F)F)C2)sc1Br. The van der Waals surface area contributed by atoms with Gasteiger partial charge in [-0.25, -0.2) is 13.1 Å². The summed E-state index contributed by atoms with van der Waals surface area (Å²) in [4.78, 5) is 0. The van der Waals surface area contributed by atoms with Crippen molar-refractivity contribution in [1.29, 1.82) is 0 Å². The van der Waals surface area contributed by atoms with Crippen LogP contribution < -0.4 is 4.72 Å². The van der Waals surface area contributed by atoms with E-state index in [4.69, 9.17) is 0 Å². The van der Waals surface area contributed by atoms with Crippen molar-refractivity contribution >= 4 is 37.3 Å². The minimum Gasteiger partial charge on any atom is -0.207 e. The fourth-order valence-electron chi connectivity index (χ4n) is 2.44. The first-order valence-electron chi connectivity index (χ1n) is 6.44. The molecule has 21 heavy (non-hydrogen) atoms. The van der Waals surface area contributed by atoms with E-state index in [1.807, 2.05) is 0 Å². The Morgan fingerprint density at radius 2 is 2.05 bits per heavy atom. The van der Waals surface area contributed by atoms with E-state index in [0.717, 1.165) is 16.9 Å². The maximum atomic E-state index is 12.7. The zero-order chi connectivity index (χ0) is 15.8. The number of nitrogens with one attached hydrogen (secondary N) is 1. The van der Waals surface area contributed by atoms with Crippen molar-refractivity contribution in [3.63, 3.8) is 0 Å². The van der Waals surface area contributed by atoms with E-state index in [1.165, 1.54) is 6.07 Å². The van der Waals surface area contributed by atoms with E-state index in [9.17, 15) is 21.6 Å². The van der Waals surface area contributed by atoms with E-state index in [1.54, 1.807) is 6.92 Å². The molecule has 1 fully saturated rings. The first kappa shape index (κ1) is 17.2. The van der Waals surface area contributed by atoms with Crippen molar-refractivity contribution < 1.29 is 21.6 Å². The van der Waals surface area contributed by atoms with Gasteiger partial charge in [-0.05, 0) is 53.7 Å². The lowest BCUT2D eigenvalue weighted by Crippen LogP contribution is -2.41. The molecule has 1 N–H and O–H groups in total. The summed E-state index contributed by atoms with van der Waals surface area (Å²) in [7, 11) is -3.76. The quantitative estimate of drug-likeness (QED) is 0.817. The predicted molar refractivity (Wildman–Crippen MR) is 78.9 cm³/mol. The molecule has 0 bridgehead atoms. The number of halogens is 4.